The SMILES string of the molecule is COc1ccc(-c2cnc(CCC(=O)NCc3ccc(C(=O)N4CC(C)OC(C)C4)cc3)o2)cc1. The zero-order chi connectivity index (χ0) is 24.8. The molecule has 0 spiro atoms. The molecule has 0 saturated carbocycles. The number of carbonyl (C=O) groups excluding carboxylic acids is 2. The van der Waals surface area contributed by atoms with Crippen molar-refractivity contribution < 1.29 is 23.5 Å². The van der Waals surface area contributed by atoms with Gasteiger partial charge in [-0.1, -0.05) is 12.1 Å². The largest absolute Gasteiger partial charge is 0.497 e. The summed E-state index contributed by atoms with van der Waals surface area (Å²) >= 11 is 0. The third-order valence-corrected chi connectivity index (χ3v) is 5.89. The molecule has 4 rings (SSSR count). The molecule has 8 heteroatoms. The van der Waals surface area contributed by atoms with Gasteiger partial charge >= 0.3 is 0 Å². The second-order valence-electron chi connectivity index (χ2n) is 8.79. The Labute approximate surface area is 205 Å². The Morgan fingerprint density at radius 3 is 2.40 bits per heavy atom. The number of hydrogen-bond acceptors (Lipinski definition) is 6. The normalized spacial score (nSPS) is 17.7. The van der Waals surface area contributed by atoms with E-state index in [1.54, 1.807) is 13.3 Å². The van der Waals surface area contributed by atoms with Crippen molar-refractivity contribution in [3.8, 4) is 17.1 Å². The molecule has 3 aromatic rings. The Morgan fingerprint density at radius 1 is 1.06 bits per heavy atom. The van der Waals surface area contributed by atoms with Crippen molar-refractivity contribution >= 4 is 11.8 Å². The van der Waals surface area contributed by atoms with Crippen molar-refractivity contribution in [2.45, 2.75) is 45.4 Å². The van der Waals surface area contributed by atoms with Gasteiger partial charge in [0.15, 0.2) is 11.7 Å². The van der Waals surface area contributed by atoms with E-state index >= 15 is 0 Å². The second-order valence-corrected chi connectivity index (χ2v) is 8.79. The molecule has 1 aliphatic heterocycles. The summed E-state index contributed by atoms with van der Waals surface area (Å²) in [4.78, 5) is 31.2. The molecule has 35 heavy (non-hydrogen) atoms. The number of benzene rings is 2. The molecule has 1 aromatic heterocycles. The van der Waals surface area contributed by atoms with Gasteiger partial charge in [-0.25, -0.2) is 4.98 Å². The Hall–Kier alpha value is -3.65. The monoisotopic (exact) mass is 477 g/mol. The summed E-state index contributed by atoms with van der Waals surface area (Å²) in [5, 5.41) is 2.91. The number of aromatic nitrogens is 1. The van der Waals surface area contributed by atoms with Gasteiger partial charge < -0.3 is 24.1 Å². The van der Waals surface area contributed by atoms with Crippen LogP contribution in [0.1, 0.15) is 42.1 Å². The highest BCUT2D eigenvalue weighted by molar-refractivity contribution is 5.94. The summed E-state index contributed by atoms with van der Waals surface area (Å²) in [5.41, 5.74) is 2.46. The number of aryl methyl sites for hydroxylation is 1. The van der Waals surface area contributed by atoms with Crippen molar-refractivity contribution in [1.82, 2.24) is 15.2 Å². The minimum absolute atomic E-state index is 0.00235. The topological polar surface area (TPSA) is 93.9 Å². The molecule has 1 saturated heterocycles. The van der Waals surface area contributed by atoms with E-state index in [0.717, 1.165) is 16.9 Å². The predicted molar refractivity (Wildman–Crippen MR) is 131 cm³/mol. The fourth-order valence-electron chi connectivity index (χ4n) is 4.12. The Balaban J connectivity index is 1.23. The van der Waals surface area contributed by atoms with Gasteiger partial charge in [-0.2, -0.15) is 0 Å². The molecule has 1 N–H and O–H groups in total. The highest BCUT2D eigenvalue weighted by Crippen LogP contribution is 2.23. The van der Waals surface area contributed by atoms with Crippen molar-refractivity contribution in [3.63, 3.8) is 0 Å². The number of nitrogens with zero attached hydrogens (tertiary/aromatic N) is 2. The Kier molecular flexibility index (Phi) is 7.82. The minimum atomic E-state index is -0.0920. The molecule has 2 aromatic carbocycles. The molecule has 0 aliphatic carbocycles. The van der Waals surface area contributed by atoms with E-state index in [0.29, 0.717) is 43.3 Å². The first-order valence-corrected chi connectivity index (χ1v) is 11.8. The summed E-state index contributed by atoms with van der Waals surface area (Å²) < 4.78 is 16.7. The standard InChI is InChI=1S/C27H31N3O5/c1-18-16-30(17-19(2)34-18)27(32)22-6-4-20(5-7-22)14-28-25(31)12-13-26-29-15-24(35-26)21-8-10-23(33-3)11-9-21/h4-11,15,18-19H,12-14,16-17H2,1-3H3,(H,28,31). The summed E-state index contributed by atoms with van der Waals surface area (Å²) in [5.74, 6) is 1.85. The fraction of sp³-hybridized carbons (Fsp3) is 0.370. The van der Waals surface area contributed by atoms with Crippen LogP contribution in [0.5, 0.6) is 5.75 Å². The van der Waals surface area contributed by atoms with E-state index in [9.17, 15) is 9.59 Å². The zero-order valence-electron chi connectivity index (χ0n) is 20.3. The van der Waals surface area contributed by atoms with E-state index < -0.39 is 0 Å². The lowest BCUT2D eigenvalue weighted by Gasteiger charge is -2.35. The van der Waals surface area contributed by atoms with Crippen LogP contribution >= 0.6 is 0 Å². The molecule has 2 amide bonds. The quantitative estimate of drug-likeness (QED) is 0.530. The highest BCUT2D eigenvalue weighted by atomic mass is 16.5. The van der Waals surface area contributed by atoms with E-state index in [2.05, 4.69) is 10.3 Å². The number of rotatable bonds is 8. The molecule has 0 bridgehead atoms. The number of methoxy groups -OCH3 is 1. The van der Waals surface area contributed by atoms with Crippen LogP contribution in [0.15, 0.2) is 59.1 Å². The summed E-state index contributed by atoms with van der Waals surface area (Å²) in [6.07, 6.45) is 2.40. The molecule has 2 heterocycles. The van der Waals surface area contributed by atoms with E-state index in [1.165, 1.54) is 0 Å². The van der Waals surface area contributed by atoms with E-state index in [4.69, 9.17) is 13.9 Å². The first kappa shape index (κ1) is 24.5. The first-order chi connectivity index (χ1) is 16.9. The van der Waals surface area contributed by atoms with Crippen LogP contribution in [0.2, 0.25) is 0 Å². The van der Waals surface area contributed by atoms with Crippen LogP contribution < -0.4 is 10.1 Å². The maximum atomic E-state index is 12.8. The predicted octanol–water partition coefficient (Wildman–Crippen LogP) is 3.85. The Morgan fingerprint density at radius 2 is 1.74 bits per heavy atom. The summed E-state index contributed by atoms with van der Waals surface area (Å²) in [6, 6.07) is 14.9. The van der Waals surface area contributed by atoms with Crippen molar-refractivity contribution in [3.05, 3.63) is 71.7 Å². The number of ether oxygens (including phenoxy) is 2. The van der Waals surface area contributed by atoms with Crippen LogP contribution in [0, 0.1) is 0 Å². The van der Waals surface area contributed by atoms with Gasteiger partial charge in [-0.15, -0.1) is 0 Å². The van der Waals surface area contributed by atoms with Crippen molar-refractivity contribution in [2.75, 3.05) is 20.2 Å². The minimum Gasteiger partial charge on any atom is -0.497 e. The number of hydrogen-bond donors (Lipinski definition) is 1. The van der Waals surface area contributed by atoms with Crippen LogP contribution in [0.3, 0.4) is 0 Å². The van der Waals surface area contributed by atoms with Gasteiger partial charge in [0.2, 0.25) is 5.91 Å². The van der Waals surface area contributed by atoms with Gasteiger partial charge in [0.1, 0.15) is 5.75 Å². The highest BCUT2D eigenvalue weighted by Gasteiger charge is 2.26. The molecular formula is C27H31N3O5. The molecule has 0 radical (unpaired) electrons. The Bertz CT molecular complexity index is 1130. The zero-order valence-corrected chi connectivity index (χ0v) is 20.3. The van der Waals surface area contributed by atoms with Gasteiger partial charge in [0.05, 0.1) is 25.5 Å². The molecule has 1 fully saturated rings. The molecule has 2 unspecified atom stereocenters. The van der Waals surface area contributed by atoms with E-state index in [1.807, 2.05) is 67.3 Å². The third kappa shape index (κ3) is 6.48. The van der Waals surface area contributed by atoms with Crippen LogP contribution in [-0.4, -0.2) is 54.1 Å². The van der Waals surface area contributed by atoms with Gasteiger partial charge in [-0.3, -0.25) is 9.59 Å². The number of carbonyl (C=O) groups is 2. The maximum absolute atomic E-state index is 12.8. The molecule has 1 aliphatic rings. The molecule has 2 atom stereocenters. The van der Waals surface area contributed by atoms with Crippen molar-refractivity contribution in [1.29, 1.82) is 0 Å². The smallest absolute Gasteiger partial charge is 0.254 e. The van der Waals surface area contributed by atoms with Crippen LogP contribution in [0.25, 0.3) is 11.3 Å². The maximum Gasteiger partial charge on any atom is 0.254 e. The van der Waals surface area contributed by atoms with Crippen LogP contribution in [0.4, 0.5) is 0 Å². The summed E-state index contributed by atoms with van der Waals surface area (Å²) in [6.45, 7) is 5.52. The third-order valence-electron chi connectivity index (χ3n) is 5.89. The number of nitrogens with one attached hydrogen (secondary N) is 1. The average molecular weight is 478 g/mol. The van der Waals surface area contributed by atoms with Gasteiger partial charge in [0.25, 0.3) is 5.91 Å². The van der Waals surface area contributed by atoms with Crippen molar-refractivity contribution in [2.24, 2.45) is 0 Å². The lowest BCUT2D eigenvalue weighted by molar-refractivity contribution is -0.121. The average Bonchev–Trinajstić information content (AvgIpc) is 3.35. The number of morpholine rings is 1. The van der Waals surface area contributed by atoms with Gasteiger partial charge in [-0.05, 0) is 55.8 Å². The lowest BCUT2D eigenvalue weighted by Crippen LogP contribution is -2.48. The second kappa shape index (κ2) is 11.2. The van der Waals surface area contributed by atoms with Gasteiger partial charge in [0, 0.05) is 43.6 Å². The van der Waals surface area contributed by atoms with Crippen LogP contribution in [-0.2, 0) is 22.5 Å². The molecular weight excluding hydrogens is 446 g/mol. The molecule has 184 valence electrons. The van der Waals surface area contributed by atoms with E-state index in [-0.39, 0.29) is 30.4 Å². The summed E-state index contributed by atoms with van der Waals surface area (Å²) in [7, 11) is 1.62. The number of oxazole rings is 1. The lowest BCUT2D eigenvalue weighted by atomic mass is 10.1. The number of amides is 2. The molecule has 8 nitrogen and oxygen atoms in total. The first-order valence-electron chi connectivity index (χ1n) is 11.8. The fourth-order valence-corrected chi connectivity index (χ4v) is 4.12.